The molecule has 4 nitrogen and oxygen atoms in total. The van der Waals surface area contributed by atoms with Gasteiger partial charge in [0.05, 0.1) is 0 Å². The van der Waals surface area contributed by atoms with Crippen LogP contribution in [0.1, 0.15) is 66.2 Å². The summed E-state index contributed by atoms with van der Waals surface area (Å²) in [6.45, 7) is 17.1. The molecule has 0 aromatic carbocycles. The van der Waals surface area contributed by atoms with Crippen molar-refractivity contribution < 1.29 is 37.5 Å². The predicted octanol–water partition coefficient (Wildman–Crippen LogP) is 3.71. The number of piperazine rings is 1. The van der Waals surface area contributed by atoms with Crippen LogP contribution in [0.2, 0.25) is 0 Å². The van der Waals surface area contributed by atoms with Gasteiger partial charge in [0.2, 0.25) is 5.91 Å². The van der Waals surface area contributed by atoms with E-state index in [1.54, 1.807) is 0 Å². The first-order valence-corrected chi connectivity index (χ1v) is 11.7. The number of nitrogens with zero attached hydrogens (tertiary/aromatic N) is 3. The normalized spacial score (nSPS) is 28.6. The van der Waals surface area contributed by atoms with Gasteiger partial charge in [-0.3, -0.25) is 9.69 Å². The molecule has 1 radical (unpaired) electrons. The Morgan fingerprint density at radius 1 is 0.821 bits per heavy atom. The minimum atomic E-state index is 0. The summed E-state index contributed by atoms with van der Waals surface area (Å²) in [6, 6.07) is 0.691. The largest absolute Gasteiger partial charge is 0.340 e. The molecule has 0 N–H and O–H groups in total. The number of rotatable bonds is 5. The van der Waals surface area contributed by atoms with Crippen LogP contribution in [0.15, 0.2) is 0 Å². The number of likely N-dealkylation sites (tertiary alicyclic amines) is 1. The first-order valence-electron chi connectivity index (χ1n) is 11.7. The molecular weight excluding hydrogens is 423 g/mol. The zero-order valence-corrected chi connectivity index (χ0v) is 21.7. The standard InChI is InChI=1S/C23H43N3O.Y/c1-18(2)21-5-7-22(8-6-21)23(27)26-15-13-24(14-16-26)17-20-9-11-25(12-10-20)19(3)4;/h18-22H,5-17H2,1-4H3;. The SMILES string of the molecule is CC(C)C1CCC(C(=O)N2CCN(CC3CCN(C(C)C)CC3)CC2)CC1.[Y]. The van der Waals surface area contributed by atoms with Crippen molar-refractivity contribution in [2.45, 2.75) is 72.3 Å². The van der Waals surface area contributed by atoms with Crippen molar-refractivity contribution in [1.29, 1.82) is 0 Å². The average molecular weight is 467 g/mol. The third-order valence-corrected chi connectivity index (χ3v) is 7.64. The van der Waals surface area contributed by atoms with Crippen LogP contribution in [0.25, 0.3) is 0 Å². The van der Waals surface area contributed by atoms with Crippen LogP contribution in [0.5, 0.6) is 0 Å². The van der Waals surface area contributed by atoms with E-state index in [1.165, 1.54) is 45.3 Å². The molecule has 2 saturated heterocycles. The summed E-state index contributed by atoms with van der Waals surface area (Å²) in [5, 5.41) is 0. The minimum Gasteiger partial charge on any atom is -0.340 e. The maximum absolute atomic E-state index is 12.9. The fraction of sp³-hybridized carbons (Fsp3) is 0.957. The number of hydrogen-bond acceptors (Lipinski definition) is 3. The van der Waals surface area contributed by atoms with Crippen LogP contribution in [0.3, 0.4) is 0 Å². The smallest absolute Gasteiger partial charge is 0.225 e. The summed E-state index contributed by atoms with van der Waals surface area (Å²) in [6.07, 6.45) is 7.44. The predicted molar refractivity (Wildman–Crippen MR) is 113 cm³/mol. The second kappa shape index (κ2) is 11.8. The zero-order valence-electron chi connectivity index (χ0n) is 18.9. The maximum Gasteiger partial charge on any atom is 0.225 e. The van der Waals surface area contributed by atoms with E-state index in [0.717, 1.165) is 56.8 Å². The van der Waals surface area contributed by atoms with Gasteiger partial charge < -0.3 is 9.80 Å². The van der Waals surface area contributed by atoms with Crippen molar-refractivity contribution in [2.75, 3.05) is 45.8 Å². The molecule has 0 aromatic rings. The van der Waals surface area contributed by atoms with E-state index in [1.807, 2.05) is 0 Å². The molecular formula is C23H43N3OY. The first kappa shape index (κ1) is 24.8. The molecule has 3 rings (SSSR count). The Morgan fingerprint density at radius 3 is 1.89 bits per heavy atom. The molecule has 0 bridgehead atoms. The third kappa shape index (κ3) is 6.75. The molecule has 28 heavy (non-hydrogen) atoms. The summed E-state index contributed by atoms with van der Waals surface area (Å²) in [5.74, 6) is 3.24. The molecule has 0 spiro atoms. The summed E-state index contributed by atoms with van der Waals surface area (Å²) < 4.78 is 0. The zero-order chi connectivity index (χ0) is 19.4. The van der Waals surface area contributed by atoms with Crippen LogP contribution in [0, 0.1) is 23.7 Å². The van der Waals surface area contributed by atoms with E-state index >= 15 is 0 Å². The summed E-state index contributed by atoms with van der Waals surface area (Å²) in [4.78, 5) is 20.3. The van der Waals surface area contributed by atoms with Gasteiger partial charge in [-0.1, -0.05) is 13.8 Å². The Hall–Kier alpha value is 0.494. The van der Waals surface area contributed by atoms with Crippen LogP contribution in [0.4, 0.5) is 0 Å². The maximum atomic E-state index is 12.9. The minimum absolute atomic E-state index is 0. The number of piperidine rings is 1. The first-order chi connectivity index (χ1) is 12.9. The number of carbonyl (C=O) groups is 1. The fourth-order valence-electron chi connectivity index (χ4n) is 5.46. The summed E-state index contributed by atoms with van der Waals surface area (Å²) >= 11 is 0. The van der Waals surface area contributed by atoms with Gasteiger partial charge in [-0.15, -0.1) is 0 Å². The van der Waals surface area contributed by atoms with E-state index in [9.17, 15) is 4.79 Å². The molecule has 0 unspecified atom stereocenters. The molecule has 3 aliphatic rings. The molecule has 1 amide bonds. The summed E-state index contributed by atoms with van der Waals surface area (Å²) in [7, 11) is 0. The third-order valence-electron chi connectivity index (χ3n) is 7.64. The fourth-order valence-corrected chi connectivity index (χ4v) is 5.46. The molecule has 0 atom stereocenters. The molecule has 2 aliphatic heterocycles. The number of hydrogen-bond donors (Lipinski definition) is 0. The van der Waals surface area contributed by atoms with Crippen molar-refractivity contribution in [1.82, 2.24) is 14.7 Å². The van der Waals surface area contributed by atoms with Crippen molar-refractivity contribution in [3.05, 3.63) is 0 Å². The van der Waals surface area contributed by atoms with Crippen LogP contribution >= 0.6 is 0 Å². The Balaban J connectivity index is 0.00000280. The van der Waals surface area contributed by atoms with Gasteiger partial charge >= 0.3 is 0 Å². The number of carbonyl (C=O) groups excluding carboxylic acids is 1. The Kier molecular flexibility index (Phi) is 10.4. The van der Waals surface area contributed by atoms with Crippen molar-refractivity contribution >= 4 is 5.91 Å². The van der Waals surface area contributed by atoms with Gasteiger partial charge in [0.15, 0.2) is 0 Å². The van der Waals surface area contributed by atoms with Crippen molar-refractivity contribution in [3.8, 4) is 0 Å². The quantitative estimate of drug-likeness (QED) is 0.618. The molecule has 5 heteroatoms. The molecule has 0 aromatic heterocycles. The Bertz CT molecular complexity index is 460. The molecule has 3 fully saturated rings. The average Bonchev–Trinajstić information content (AvgIpc) is 2.68. The monoisotopic (exact) mass is 466 g/mol. The van der Waals surface area contributed by atoms with Crippen molar-refractivity contribution in [2.24, 2.45) is 23.7 Å². The second-order valence-corrected chi connectivity index (χ2v) is 10.1. The Morgan fingerprint density at radius 2 is 1.39 bits per heavy atom. The second-order valence-electron chi connectivity index (χ2n) is 10.1. The van der Waals surface area contributed by atoms with Crippen LogP contribution < -0.4 is 0 Å². The van der Waals surface area contributed by atoms with E-state index < -0.39 is 0 Å². The van der Waals surface area contributed by atoms with E-state index in [4.69, 9.17) is 0 Å². The van der Waals surface area contributed by atoms with E-state index in [-0.39, 0.29) is 32.7 Å². The van der Waals surface area contributed by atoms with Gasteiger partial charge in [-0.05, 0) is 83.2 Å². The molecule has 1 saturated carbocycles. The van der Waals surface area contributed by atoms with E-state index in [2.05, 4.69) is 42.4 Å². The van der Waals surface area contributed by atoms with Gasteiger partial charge in [-0.25, -0.2) is 0 Å². The van der Waals surface area contributed by atoms with Crippen LogP contribution in [-0.2, 0) is 37.5 Å². The van der Waals surface area contributed by atoms with Gasteiger partial charge in [0.25, 0.3) is 0 Å². The topological polar surface area (TPSA) is 26.8 Å². The van der Waals surface area contributed by atoms with Crippen LogP contribution in [-0.4, -0.2) is 72.5 Å². The van der Waals surface area contributed by atoms with Gasteiger partial charge in [-0.2, -0.15) is 0 Å². The molecule has 2 heterocycles. The molecule has 159 valence electrons. The Labute approximate surface area is 199 Å². The van der Waals surface area contributed by atoms with Crippen molar-refractivity contribution in [3.63, 3.8) is 0 Å². The molecule has 1 aliphatic carbocycles. The summed E-state index contributed by atoms with van der Waals surface area (Å²) in [5.41, 5.74) is 0. The van der Waals surface area contributed by atoms with Gasteiger partial charge in [0.1, 0.15) is 0 Å². The number of amides is 1. The van der Waals surface area contributed by atoms with E-state index in [0.29, 0.717) is 17.9 Å². The van der Waals surface area contributed by atoms with Gasteiger partial charge in [0, 0.05) is 77.4 Å².